The fourth-order valence-corrected chi connectivity index (χ4v) is 4.00. The van der Waals surface area contributed by atoms with Crippen molar-refractivity contribution < 1.29 is 5.11 Å². The van der Waals surface area contributed by atoms with Gasteiger partial charge in [0.05, 0.1) is 6.10 Å². The van der Waals surface area contributed by atoms with E-state index in [1.165, 1.54) is 37.7 Å². The molecule has 2 fully saturated rings. The van der Waals surface area contributed by atoms with E-state index in [4.69, 9.17) is 0 Å². The second kappa shape index (κ2) is 5.28. The molecular formula is C18H26O. The predicted octanol–water partition coefficient (Wildman–Crippen LogP) is 4.67. The molecular weight excluding hydrogens is 232 g/mol. The van der Waals surface area contributed by atoms with Gasteiger partial charge in [-0.1, -0.05) is 51.0 Å². The highest BCUT2D eigenvalue weighted by Gasteiger charge is 2.54. The second-order valence-corrected chi connectivity index (χ2v) is 6.61. The Morgan fingerprint density at radius 2 is 1.58 bits per heavy atom. The fourth-order valence-electron chi connectivity index (χ4n) is 4.00. The summed E-state index contributed by atoms with van der Waals surface area (Å²) in [7, 11) is 0. The van der Waals surface area contributed by atoms with Crippen molar-refractivity contribution in [2.45, 2.75) is 58.0 Å². The molecule has 0 aliphatic heterocycles. The Balaban J connectivity index is 1.69. The van der Waals surface area contributed by atoms with Crippen LogP contribution in [0.2, 0.25) is 0 Å². The van der Waals surface area contributed by atoms with Gasteiger partial charge < -0.3 is 5.11 Å². The topological polar surface area (TPSA) is 20.2 Å². The number of aliphatic hydroxyl groups is 1. The van der Waals surface area contributed by atoms with Crippen LogP contribution in [-0.2, 0) is 0 Å². The molecule has 1 nitrogen and oxygen atoms in total. The standard InChI is InChI=1S/C18H26O/c1-3-12(2)13-8-10-14(11-9-13)18(19)17-15-6-4-5-7-16(15)17/h8-12,15-19H,3-7H2,1-2H3. The van der Waals surface area contributed by atoms with Gasteiger partial charge in [-0.3, -0.25) is 0 Å². The summed E-state index contributed by atoms with van der Waals surface area (Å²) >= 11 is 0. The van der Waals surface area contributed by atoms with E-state index in [0.717, 1.165) is 17.4 Å². The van der Waals surface area contributed by atoms with Crippen LogP contribution >= 0.6 is 0 Å². The van der Waals surface area contributed by atoms with Crippen LogP contribution in [0.3, 0.4) is 0 Å². The van der Waals surface area contributed by atoms with Crippen LogP contribution in [0.25, 0.3) is 0 Å². The van der Waals surface area contributed by atoms with Crippen molar-refractivity contribution in [1.82, 2.24) is 0 Å². The molecule has 0 radical (unpaired) electrons. The lowest BCUT2D eigenvalue weighted by atomic mass is 9.95. The fraction of sp³-hybridized carbons (Fsp3) is 0.667. The molecule has 0 bridgehead atoms. The zero-order chi connectivity index (χ0) is 13.4. The Bertz CT molecular complexity index is 410. The van der Waals surface area contributed by atoms with E-state index < -0.39 is 0 Å². The molecule has 19 heavy (non-hydrogen) atoms. The highest BCUT2D eigenvalue weighted by atomic mass is 16.3. The number of benzene rings is 1. The van der Waals surface area contributed by atoms with Gasteiger partial charge in [-0.15, -0.1) is 0 Å². The van der Waals surface area contributed by atoms with Crippen molar-refractivity contribution in [3.05, 3.63) is 35.4 Å². The SMILES string of the molecule is CCC(C)c1ccc(C(O)C2C3CCCCC32)cc1. The van der Waals surface area contributed by atoms with E-state index in [2.05, 4.69) is 38.1 Å². The van der Waals surface area contributed by atoms with Crippen molar-refractivity contribution in [1.29, 1.82) is 0 Å². The van der Waals surface area contributed by atoms with Gasteiger partial charge in [0.15, 0.2) is 0 Å². The van der Waals surface area contributed by atoms with Crippen molar-refractivity contribution >= 4 is 0 Å². The average molecular weight is 258 g/mol. The highest BCUT2D eigenvalue weighted by molar-refractivity contribution is 5.28. The zero-order valence-corrected chi connectivity index (χ0v) is 12.2. The van der Waals surface area contributed by atoms with Gasteiger partial charge in [0.1, 0.15) is 0 Å². The van der Waals surface area contributed by atoms with E-state index in [0.29, 0.717) is 11.8 Å². The summed E-state index contributed by atoms with van der Waals surface area (Å²) in [5, 5.41) is 10.6. The third-order valence-electron chi connectivity index (χ3n) is 5.55. The van der Waals surface area contributed by atoms with Crippen molar-refractivity contribution in [2.75, 3.05) is 0 Å². The molecule has 0 spiro atoms. The summed E-state index contributed by atoms with van der Waals surface area (Å²) < 4.78 is 0. The maximum absolute atomic E-state index is 10.6. The summed E-state index contributed by atoms with van der Waals surface area (Å²) in [6.45, 7) is 4.49. The Morgan fingerprint density at radius 1 is 1.05 bits per heavy atom. The Morgan fingerprint density at radius 3 is 2.11 bits per heavy atom. The van der Waals surface area contributed by atoms with Crippen LogP contribution in [0.5, 0.6) is 0 Å². The third-order valence-corrected chi connectivity index (χ3v) is 5.55. The van der Waals surface area contributed by atoms with Gasteiger partial charge in [0.25, 0.3) is 0 Å². The highest BCUT2D eigenvalue weighted by Crippen LogP contribution is 2.60. The van der Waals surface area contributed by atoms with Gasteiger partial charge in [-0.05, 0) is 54.1 Å². The normalized spacial score (nSPS) is 32.5. The van der Waals surface area contributed by atoms with E-state index in [1.54, 1.807) is 0 Å². The van der Waals surface area contributed by atoms with Gasteiger partial charge in [0, 0.05) is 0 Å². The summed E-state index contributed by atoms with van der Waals surface area (Å²) in [4.78, 5) is 0. The molecule has 1 N–H and O–H groups in total. The van der Waals surface area contributed by atoms with Gasteiger partial charge in [-0.25, -0.2) is 0 Å². The first-order valence-electron chi connectivity index (χ1n) is 8.00. The molecule has 1 aromatic rings. The summed E-state index contributed by atoms with van der Waals surface area (Å²) in [6.07, 6.45) is 6.39. The van der Waals surface area contributed by atoms with Crippen LogP contribution in [-0.4, -0.2) is 5.11 Å². The molecule has 3 rings (SSSR count). The predicted molar refractivity (Wildman–Crippen MR) is 79.0 cm³/mol. The molecule has 2 saturated carbocycles. The minimum atomic E-state index is -0.223. The first-order chi connectivity index (χ1) is 9.22. The molecule has 104 valence electrons. The van der Waals surface area contributed by atoms with E-state index in [-0.39, 0.29) is 6.10 Å². The average Bonchev–Trinajstić information content (AvgIpc) is 3.20. The minimum Gasteiger partial charge on any atom is -0.388 e. The molecule has 2 aliphatic rings. The van der Waals surface area contributed by atoms with Crippen LogP contribution in [0, 0.1) is 17.8 Å². The maximum Gasteiger partial charge on any atom is 0.0823 e. The first kappa shape index (κ1) is 13.2. The maximum atomic E-state index is 10.6. The molecule has 4 atom stereocenters. The lowest BCUT2D eigenvalue weighted by Gasteiger charge is -2.14. The molecule has 4 unspecified atom stereocenters. The zero-order valence-electron chi connectivity index (χ0n) is 12.2. The van der Waals surface area contributed by atoms with Crippen LogP contribution in [0.15, 0.2) is 24.3 Å². The van der Waals surface area contributed by atoms with Gasteiger partial charge in [-0.2, -0.15) is 0 Å². The molecule has 2 aliphatic carbocycles. The number of aliphatic hydroxyl groups excluding tert-OH is 1. The van der Waals surface area contributed by atoms with Crippen LogP contribution in [0.4, 0.5) is 0 Å². The number of rotatable bonds is 4. The second-order valence-electron chi connectivity index (χ2n) is 6.61. The van der Waals surface area contributed by atoms with Crippen molar-refractivity contribution in [3.63, 3.8) is 0 Å². The number of hydrogen-bond donors (Lipinski definition) is 1. The lowest BCUT2D eigenvalue weighted by Crippen LogP contribution is -2.03. The molecule has 1 heteroatoms. The molecule has 0 heterocycles. The van der Waals surface area contributed by atoms with Crippen LogP contribution in [0.1, 0.15) is 69.1 Å². The Labute approximate surface area is 117 Å². The summed E-state index contributed by atoms with van der Waals surface area (Å²) in [5.74, 6) is 2.81. The van der Waals surface area contributed by atoms with Crippen molar-refractivity contribution in [2.24, 2.45) is 17.8 Å². The molecule has 0 amide bonds. The first-order valence-corrected chi connectivity index (χ1v) is 8.00. The quantitative estimate of drug-likeness (QED) is 0.832. The van der Waals surface area contributed by atoms with Gasteiger partial charge >= 0.3 is 0 Å². The smallest absolute Gasteiger partial charge is 0.0823 e. The van der Waals surface area contributed by atoms with Crippen molar-refractivity contribution in [3.8, 4) is 0 Å². The lowest BCUT2D eigenvalue weighted by molar-refractivity contribution is 0.142. The van der Waals surface area contributed by atoms with Gasteiger partial charge in [0.2, 0.25) is 0 Å². The largest absolute Gasteiger partial charge is 0.388 e. The molecule has 0 aromatic heterocycles. The Hall–Kier alpha value is -0.820. The third kappa shape index (κ3) is 2.45. The molecule has 1 aromatic carbocycles. The number of hydrogen-bond acceptors (Lipinski definition) is 1. The monoisotopic (exact) mass is 258 g/mol. The van der Waals surface area contributed by atoms with E-state index in [9.17, 15) is 5.11 Å². The van der Waals surface area contributed by atoms with E-state index >= 15 is 0 Å². The summed E-state index contributed by atoms with van der Waals surface area (Å²) in [6, 6.07) is 8.71. The molecule has 0 saturated heterocycles. The Kier molecular flexibility index (Phi) is 3.66. The summed E-state index contributed by atoms with van der Waals surface area (Å²) in [5.41, 5.74) is 2.53. The minimum absolute atomic E-state index is 0.223. The van der Waals surface area contributed by atoms with E-state index in [1.807, 2.05) is 0 Å². The van der Waals surface area contributed by atoms with Crippen LogP contribution < -0.4 is 0 Å². The number of fused-ring (bicyclic) bond motifs is 1.